The summed E-state index contributed by atoms with van der Waals surface area (Å²) in [5, 5.41) is 3.60. The molecule has 2 heteroatoms. The third-order valence-corrected chi connectivity index (χ3v) is 3.43. The molecule has 0 bridgehead atoms. The molecule has 1 rings (SSSR count). The molecule has 0 aliphatic carbocycles. The molecule has 0 radical (unpaired) electrons. The van der Waals surface area contributed by atoms with E-state index in [1.807, 2.05) is 0 Å². The molecule has 114 valence electrons. The number of ether oxygens (including phenoxy) is 1. The maximum atomic E-state index is 5.45. The third-order valence-electron chi connectivity index (χ3n) is 3.43. The van der Waals surface area contributed by atoms with Gasteiger partial charge in [0.1, 0.15) is 0 Å². The minimum Gasteiger partial charge on any atom is -0.382 e. The molecular formula is C18H31NO. The number of benzene rings is 1. The molecule has 0 heterocycles. The first-order valence-corrected chi connectivity index (χ1v) is 8.07. The van der Waals surface area contributed by atoms with Gasteiger partial charge in [0.2, 0.25) is 0 Å². The molecule has 1 N–H and O–H groups in total. The van der Waals surface area contributed by atoms with Crippen LogP contribution in [0.4, 0.5) is 0 Å². The maximum Gasteiger partial charge on any atom is 0.0466 e. The Hall–Kier alpha value is -0.860. The quantitative estimate of drug-likeness (QED) is 0.642. The summed E-state index contributed by atoms with van der Waals surface area (Å²) >= 11 is 0. The summed E-state index contributed by atoms with van der Waals surface area (Å²) < 4.78 is 5.45. The highest BCUT2D eigenvalue weighted by Gasteiger charge is 2.10. The summed E-state index contributed by atoms with van der Waals surface area (Å²) in [5.41, 5.74) is 2.87. The van der Waals surface area contributed by atoms with Crippen LogP contribution in [0, 0.1) is 5.92 Å². The van der Waals surface area contributed by atoms with Gasteiger partial charge < -0.3 is 10.1 Å². The molecule has 1 aromatic rings. The first-order chi connectivity index (χ1) is 9.67. The Morgan fingerprint density at radius 3 is 2.65 bits per heavy atom. The standard InChI is InChI=1S/C18H31NO/c1-5-19-18(11-8-12-20-6-2)17-10-7-9-16(14-17)13-15(3)4/h7,9-10,14-15,18-19H,5-6,8,11-13H2,1-4H3. The van der Waals surface area contributed by atoms with E-state index in [-0.39, 0.29) is 0 Å². The van der Waals surface area contributed by atoms with Crippen LogP contribution in [-0.2, 0) is 11.2 Å². The number of nitrogens with one attached hydrogen (secondary N) is 1. The van der Waals surface area contributed by atoms with Crippen molar-refractivity contribution in [2.45, 2.75) is 53.0 Å². The molecule has 1 atom stereocenters. The van der Waals surface area contributed by atoms with Gasteiger partial charge in [0, 0.05) is 19.3 Å². The molecule has 0 fully saturated rings. The zero-order valence-electron chi connectivity index (χ0n) is 13.6. The summed E-state index contributed by atoms with van der Waals surface area (Å²) in [6.45, 7) is 11.5. The van der Waals surface area contributed by atoms with Gasteiger partial charge >= 0.3 is 0 Å². The van der Waals surface area contributed by atoms with Gasteiger partial charge in [-0.3, -0.25) is 0 Å². The van der Waals surface area contributed by atoms with Crippen molar-refractivity contribution in [3.05, 3.63) is 35.4 Å². The lowest BCUT2D eigenvalue weighted by Crippen LogP contribution is -2.21. The van der Waals surface area contributed by atoms with Crippen molar-refractivity contribution in [1.82, 2.24) is 5.32 Å². The number of rotatable bonds is 10. The van der Waals surface area contributed by atoms with Crippen LogP contribution in [0.5, 0.6) is 0 Å². The molecule has 0 aliphatic rings. The van der Waals surface area contributed by atoms with Crippen LogP contribution in [0.25, 0.3) is 0 Å². The fourth-order valence-corrected chi connectivity index (χ4v) is 2.58. The van der Waals surface area contributed by atoms with Crippen LogP contribution in [0.1, 0.15) is 57.7 Å². The Bertz CT molecular complexity index is 362. The molecule has 20 heavy (non-hydrogen) atoms. The van der Waals surface area contributed by atoms with Crippen LogP contribution in [-0.4, -0.2) is 19.8 Å². The van der Waals surface area contributed by atoms with Crippen LogP contribution < -0.4 is 5.32 Å². The van der Waals surface area contributed by atoms with E-state index in [0.717, 1.165) is 39.0 Å². The minimum absolute atomic E-state index is 0.451. The van der Waals surface area contributed by atoms with Crippen LogP contribution in [0.15, 0.2) is 24.3 Å². The number of hydrogen-bond acceptors (Lipinski definition) is 2. The Kier molecular flexibility index (Phi) is 8.56. The van der Waals surface area contributed by atoms with E-state index in [1.54, 1.807) is 0 Å². The highest BCUT2D eigenvalue weighted by molar-refractivity contribution is 5.26. The van der Waals surface area contributed by atoms with Crippen LogP contribution >= 0.6 is 0 Å². The largest absolute Gasteiger partial charge is 0.382 e. The topological polar surface area (TPSA) is 21.3 Å². The first kappa shape index (κ1) is 17.2. The molecule has 0 aromatic heterocycles. The molecule has 1 aromatic carbocycles. The lowest BCUT2D eigenvalue weighted by molar-refractivity contribution is 0.141. The summed E-state index contributed by atoms with van der Waals surface area (Å²) in [7, 11) is 0. The molecule has 0 saturated carbocycles. The molecule has 0 amide bonds. The Morgan fingerprint density at radius 1 is 1.20 bits per heavy atom. The first-order valence-electron chi connectivity index (χ1n) is 8.07. The van der Waals surface area contributed by atoms with Gasteiger partial charge in [-0.05, 0) is 49.8 Å². The molecule has 0 saturated heterocycles. The summed E-state index contributed by atoms with van der Waals surface area (Å²) in [6, 6.07) is 9.51. The number of hydrogen-bond donors (Lipinski definition) is 1. The maximum absolute atomic E-state index is 5.45. The fraction of sp³-hybridized carbons (Fsp3) is 0.667. The zero-order chi connectivity index (χ0) is 14.8. The lowest BCUT2D eigenvalue weighted by Gasteiger charge is -2.19. The van der Waals surface area contributed by atoms with E-state index in [4.69, 9.17) is 4.74 Å². The van der Waals surface area contributed by atoms with Crippen molar-refractivity contribution in [3.63, 3.8) is 0 Å². The second-order valence-electron chi connectivity index (χ2n) is 5.79. The molecule has 1 unspecified atom stereocenters. The molecular weight excluding hydrogens is 246 g/mol. The van der Waals surface area contributed by atoms with Gasteiger partial charge in [0.05, 0.1) is 0 Å². The molecule has 0 aliphatic heterocycles. The summed E-state index contributed by atoms with van der Waals surface area (Å²) in [5.74, 6) is 0.709. The van der Waals surface area contributed by atoms with Crippen molar-refractivity contribution in [3.8, 4) is 0 Å². The highest BCUT2D eigenvalue weighted by Crippen LogP contribution is 2.21. The monoisotopic (exact) mass is 277 g/mol. The van der Waals surface area contributed by atoms with E-state index in [2.05, 4.69) is 57.3 Å². The van der Waals surface area contributed by atoms with E-state index >= 15 is 0 Å². The Balaban J connectivity index is 2.64. The SMILES string of the molecule is CCNC(CCCOCC)c1cccc(CC(C)C)c1. The van der Waals surface area contributed by atoms with Gasteiger partial charge in [-0.1, -0.05) is 45.0 Å². The van der Waals surface area contributed by atoms with Gasteiger partial charge in [-0.2, -0.15) is 0 Å². The highest BCUT2D eigenvalue weighted by atomic mass is 16.5. The van der Waals surface area contributed by atoms with Crippen LogP contribution in [0.3, 0.4) is 0 Å². The second kappa shape index (κ2) is 9.95. The van der Waals surface area contributed by atoms with Crippen molar-refractivity contribution < 1.29 is 4.74 Å². The summed E-state index contributed by atoms with van der Waals surface area (Å²) in [6.07, 6.45) is 3.41. The zero-order valence-corrected chi connectivity index (χ0v) is 13.6. The van der Waals surface area contributed by atoms with E-state index in [9.17, 15) is 0 Å². The molecule has 2 nitrogen and oxygen atoms in total. The average Bonchev–Trinajstić information content (AvgIpc) is 2.42. The van der Waals surface area contributed by atoms with Gasteiger partial charge in [-0.25, -0.2) is 0 Å². The minimum atomic E-state index is 0.451. The predicted octanol–water partition coefficient (Wildman–Crippen LogP) is 4.35. The predicted molar refractivity (Wildman–Crippen MR) is 87.1 cm³/mol. The van der Waals surface area contributed by atoms with Gasteiger partial charge in [0.15, 0.2) is 0 Å². The third kappa shape index (κ3) is 6.53. The smallest absolute Gasteiger partial charge is 0.0466 e. The van der Waals surface area contributed by atoms with Crippen molar-refractivity contribution in [1.29, 1.82) is 0 Å². The van der Waals surface area contributed by atoms with Crippen molar-refractivity contribution >= 4 is 0 Å². The Labute approximate surface area is 124 Å². The summed E-state index contributed by atoms with van der Waals surface area (Å²) in [4.78, 5) is 0. The normalized spacial score (nSPS) is 12.8. The van der Waals surface area contributed by atoms with Crippen molar-refractivity contribution in [2.24, 2.45) is 5.92 Å². The van der Waals surface area contributed by atoms with E-state index < -0.39 is 0 Å². The average molecular weight is 277 g/mol. The lowest BCUT2D eigenvalue weighted by atomic mass is 9.96. The fourth-order valence-electron chi connectivity index (χ4n) is 2.58. The van der Waals surface area contributed by atoms with Gasteiger partial charge in [-0.15, -0.1) is 0 Å². The van der Waals surface area contributed by atoms with Gasteiger partial charge in [0.25, 0.3) is 0 Å². The second-order valence-corrected chi connectivity index (χ2v) is 5.79. The molecule has 0 spiro atoms. The van der Waals surface area contributed by atoms with E-state index in [0.29, 0.717) is 12.0 Å². The Morgan fingerprint density at radius 2 is 2.00 bits per heavy atom. The van der Waals surface area contributed by atoms with Crippen molar-refractivity contribution in [2.75, 3.05) is 19.8 Å². The van der Waals surface area contributed by atoms with E-state index in [1.165, 1.54) is 11.1 Å². The van der Waals surface area contributed by atoms with Crippen LogP contribution in [0.2, 0.25) is 0 Å².